The Hall–Kier alpha value is -3.74. The van der Waals surface area contributed by atoms with Crippen molar-refractivity contribution < 1.29 is 38.6 Å². The van der Waals surface area contributed by atoms with E-state index in [-0.39, 0.29) is 0 Å². The van der Waals surface area contributed by atoms with Gasteiger partial charge in [0.1, 0.15) is 41.6 Å². The van der Waals surface area contributed by atoms with Crippen LogP contribution in [0.3, 0.4) is 0 Å². The molecule has 0 amide bonds. The highest BCUT2D eigenvalue weighted by atomic mass is 31.2. The van der Waals surface area contributed by atoms with E-state index < -0.39 is 39.0 Å². The summed E-state index contributed by atoms with van der Waals surface area (Å²) in [4.78, 5) is 31.2. The summed E-state index contributed by atoms with van der Waals surface area (Å²) in [5, 5.41) is 23.1. The van der Waals surface area contributed by atoms with Crippen LogP contribution in [0.25, 0.3) is 44.3 Å². The molecule has 1 fully saturated rings. The molecule has 4 atom stereocenters. The van der Waals surface area contributed by atoms with Crippen LogP contribution in [0.2, 0.25) is 0 Å². The van der Waals surface area contributed by atoms with Crippen LogP contribution < -0.4 is 4.74 Å². The summed E-state index contributed by atoms with van der Waals surface area (Å²) in [5.74, 6) is 0.796. The molecule has 0 spiro atoms. The van der Waals surface area contributed by atoms with E-state index in [2.05, 4.69) is 25.5 Å². The number of imidazole rings is 1. The van der Waals surface area contributed by atoms with Crippen molar-refractivity contribution in [1.29, 1.82) is 0 Å². The number of hydrogen-bond acceptors (Lipinski definition) is 9. The third kappa shape index (κ3) is 4.98. The summed E-state index contributed by atoms with van der Waals surface area (Å²) in [6.07, 6.45) is -2.37. The topological polar surface area (TPSA) is 169 Å². The largest absolute Gasteiger partial charge is 0.497 e. The van der Waals surface area contributed by atoms with Gasteiger partial charge in [-0.2, -0.15) is 0 Å². The predicted molar refractivity (Wildman–Crippen MR) is 144 cm³/mol. The van der Waals surface area contributed by atoms with Crippen molar-refractivity contribution >= 4 is 29.8 Å². The van der Waals surface area contributed by atoms with Crippen molar-refractivity contribution in [3.05, 3.63) is 73.3 Å². The number of hydrogen-bond donors (Lipinski definition) is 4. The molecule has 206 valence electrons. The molecule has 0 unspecified atom stereocenters. The minimum atomic E-state index is -4.78. The molecule has 0 saturated carbocycles. The zero-order chi connectivity index (χ0) is 28.0. The number of phosphoric ester groups is 1. The van der Waals surface area contributed by atoms with E-state index in [9.17, 15) is 14.8 Å². The Kier molecular flexibility index (Phi) is 6.85. The van der Waals surface area contributed by atoms with Gasteiger partial charge >= 0.3 is 7.82 Å². The van der Waals surface area contributed by atoms with Gasteiger partial charge in [-0.3, -0.25) is 9.09 Å². The van der Waals surface area contributed by atoms with E-state index in [1.165, 1.54) is 17.2 Å². The lowest BCUT2D eigenvalue weighted by atomic mass is 9.98. The molecule has 3 aromatic carbocycles. The second-order valence-corrected chi connectivity index (χ2v) is 10.6. The number of aliphatic hydroxyl groups excluding tert-OH is 2. The van der Waals surface area contributed by atoms with Crippen LogP contribution in [0.15, 0.2) is 73.3 Å². The summed E-state index contributed by atoms with van der Waals surface area (Å²) in [6, 6.07) is 20.0. The first-order chi connectivity index (χ1) is 19.2. The van der Waals surface area contributed by atoms with E-state index in [1.54, 1.807) is 7.11 Å². The molecule has 2 aromatic heterocycles. The number of methoxy groups -OCH3 is 1. The number of nitrogens with zero attached hydrogens (tertiary/aromatic N) is 4. The Labute approximate surface area is 227 Å². The maximum Gasteiger partial charge on any atom is 0.469 e. The average Bonchev–Trinajstić information content (AvgIpc) is 3.51. The predicted octanol–water partition coefficient (Wildman–Crippen LogP) is 3.05. The van der Waals surface area contributed by atoms with Crippen LogP contribution in [0.5, 0.6) is 5.75 Å². The average molecular weight is 564 g/mol. The van der Waals surface area contributed by atoms with Gasteiger partial charge in [0, 0.05) is 5.56 Å². The van der Waals surface area contributed by atoms with Crippen molar-refractivity contribution in [3.8, 4) is 28.1 Å². The summed E-state index contributed by atoms with van der Waals surface area (Å²) in [6.45, 7) is -0.610. The quantitative estimate of drug-likeness (QED) is 0.214. The van der Waals surface area contributed by atoms with Gasteiger partial charge in [0.2, 0.25) is 0 Å². The lowest BCUT2D eigenvalue weighted by molar-refractivity contribution is -0.0504. The van der Waals surface area contributed by atoms with Crippen LogP contribution in [-0.4, -0.2) is 71.5 Å². The minimum absolute atomic E-state index is 0.350. The molecule has 6 rings (SSSR count). The lowest BCUT2D eigenvalue weighted by Gasteiger charge is -2.16. The van der Waals surface area contributed by atoms with Crippen molar-refractivity contribution in [3.63, 3.8) is 0 Å². The zero-order valence-electron chi connectivity index (χ0n) is 21.1. The number of benzene rings is 3. The number of phosphoric acid groups is 1. The third-order valence-corrected chi connectivity index (χ3v) is 7.38. The molecule has 0 bridgehead atoms. The van der Waals surface area contributed by atoms with E-state index in [0.29, 0.717) is 16.9 Å². The summed E-state index contributed by atoms with van der Waals surface area (Å²) >= 11 is 0. The molecule has 5 aromatic rings. The molecule has 40 heavy (non-hydrogen) atoms. The Morgan fingerprint density at radius 2 is 1.68 bits per heavy atom. The first kappa shape index (κ1) is 26.5. The smallest absolute Gasteiger partial charge is 0.469 e. The Bertz CT molecular complexity index is 1760. The van der Waals surface area contributed by atoms with E-state index in [0.717, 1.165) is 33.2 Å². The molecule has 1 saturated heterocycles. The highest BCUT2D eigenvalue weighted by Crippen LogP contribution is 2.39. The van der Waals surface area contributed by atoms with Gasteiger partial charge in [0.05, 0.1) is 20.0 Å². The second-order valence-electron chi connectivity index (χ2n) is 9.39. The molecule has 1 aliphatic heterocycles. The molecule has 13 heteroatoms. The van der Waals surface area contributed by atoms with E-state index >= 15 is 0 Å². The molecule has 4 N–H and O–H groups in total. The van der Waals surface area contributed by atoms with Gasteiger partial charge in [-0.1, -0.05) is 36.4 Å². The van der Waals surface area contributed by atoms with Gasteiger partial charge < -0.3 is 29.5 Å². The van der Waals surface area contributed by atoms with E-state index in [4.69, 9.17) is 19.3 Å². The van der Waals surface area contributed by atoms with Gasteiger partial charge in [-0.25, -0.2) is 19.5 Å². The summed E-state index contributed by atoms with van der Waals surface area (Å²) < 4.78 is 28.0. The Morgan fingerprint density at radius 1 is 0.925 bits per heavy atom. The molecule has 3 heterocycles. The van der Waals surface area contributed by atoms with Crippen LogP contribution in [-0.2, 0) is 13.8 Å². The van der Waals surface area contributed by atoms with E-state index in [1.807, 2.05) is 54.6 Å². The SMILES string of the molecule is COc1ccc2cc(-c3cccc(-c4ncnc5c4ncn5[C@@H]4O[C@H](COP(=O)(O)O)[C@@H](O)[C@H]4O)c3)ccc2c1. The summed E-state index contributed by atoms with van der Waals surface area (Å²) in [5.41, 5.74) is 4.16. The van der Waals surface area contributed by atoms with Gasteiger partial charge in [0.15, 0.2) is 11.9 Å². The molecule has 1 aliphatic rings. The van der Waals surface area contributed by atoms with Crippen LogP contribution in [0.1, 0.15) is 6.23 Å². The second kappa shape index (κ2) is 10.3. The first-order valence-electron chi connectivity index (χ1n) is 12.3. The fourth-order valence-electron chi connectivity index (χ4n) is 4.89. The highest BCUT2D eigenvalue weighted by molar-refractivity contribution is 7.46. The zero-order valence-corrected chi connectivity index (χ0v) is 22.0. The standard InChI is InChI=1S/C27H25N4O8P/c1-37-20-8-7-17-9-16(5-6-18(17)11-20)15-3-2-4-19(10-15)22-23-26(29-13-28-22)31(14-30-23)27-25(33)24(32)21(39-27)12-38-40(34,35)36/h2-11,13-14,21,24-25,27,32-33H,12H2,1H3,(H2,34,35,36)/t21-,24-,25-,27-/m1/s1. The Balaban J connectivity index is 1.32. The van der Waals surface area contributed by atoms with Crippen molar-refractivity contribution in [2.24, 2.45) is 0 Å². The molecule has 0 radical (unpaired) electrons. The lowest BCUT2D eigenvalue weighted by Crippen LogP contribution is -2.33. The van der Waals surface area contributed by atoms with Gasteiger partial charge in [-0.15, -0.1) is 0 Å². The van der Waals surface area contributed by atoms with Gasteiger partial charge in [-0.05, 0) is 46.2 Å². The van der Waals surface area contributed by atoms with Crippen LogP contribution in [0.4, 0.5) is 0 Å². The Morgan fingerprint density at radius 3 is 2.48 bits per heavy atom. The number of aromatic nitrogens is 4. The van der Waals surface area contributed by atoms with Crippen molar-refractivity contribution in [1.82, 2.24) is 19.5 Å². The summed E-state index contributed by atoms with van der Waals surface area (Å²) in [7, 11) is -3.14. The number of ether oxygens (including phenoxy) is 2. The minimum Gasteiger partial charge on any atom is -0.497 e. The van der Waals surface area contributed by atoms with Crippen LogP contribution in [0, 0.1) is 0 Å². The molecule has 12 nitrogen and oxygen atoms in total. The number of fused-ring (bicyclic) bond motifs is 2. The maximum absolute atomic E-state index is 11.1. The first-order valence-corrected chi connectivity index (χ1v) is 13.8. The number of rotatable bonds is 7. The fourth-order valence-corrected chi connectivity index (χ4v) is 5.23. The molecular weight excluding hydrogens is 539 g/mol. The van der Waals surface area contributed by atoms with Crippen LogP contribution >= 0.6 is 7.82 Å². The normalized spacial score (nSPS) is 21.3. The van der Waals surface area contributed by atoms with Crippen molar-refractivity contribution in [2.75, 3.05) is 13.7 Å². The van der Waals surface area contributed by atoms with Gasteiger partial charge in [0.25, 0.3) is 0 Å². The third-order valence-electron chi connectivity index (χ3n) is 6.89. The van der Waals surface area contributed by atoms with Crippen molar-refractivity contribution in [2.45, 2.75) is 24.5 Å². The fraction of sp³-hybridized carbons (Fsp3) is 0.222. The molecular formula is C27H25N4O8P. The highest BCUT2D eigenvalue weighted by Gasteiger charge is 2.45. The number of aliphatic hydroxyl groups is 2. The monoisotopic (exact) mass is 564 g/mol. The molecule has 0 aliphatic carbocycles. The maximum atomic E-state index is 11.1.